The Labute approximate surface area is 158 Å². The molecule has 3 heterocycles. The average molecular weight is 365 g/mol. The molecule has 1 fully saturated rings. The maximum absolute atomic E-state index is 12.9. The highest BCUT2D eigenvalue weighted by Crippen LogP contribution is 2.37. The van der Waals surface area contributed by atoms with Gasteiger partial charge in [-0.2, -0.15) is 0 Å². The molecule has 2 amide bonds. The first-order chi connectivity index (χ1) is 13.0. The van der Waals surface area contributed by atoms with E-state index in [1.807, 2.05) is 12.1 Å². The van der Waals surface area contributed by atoms with Gasteiger partial charge in [0.1, 0.15) is 17.8 Å². The predicted molar refractivity (Wildman–Crippen MR) is 102 cm³/mol. The zero-order valence-electron chi connectivity index (χ0n) is 15.6. The summed E-state index contributed by atoms with van der Waals surface area (Å²) in [5.41, 5.74) is 2.82. The summed E-state index contributed by atoms with van der Waals surface area (Å²) in [5.74, 6) is 0.684. The third-order valence-electron chi connectivity index (χ3n) is 5.34. The molecule has 0 aliphatic carbocycles. The molecule has 0 radical (unpaired) electrons. The summed E-state index contributed by atoms with van der Waals surface area (Å²) >= 11 is 0. The van der Waals surface area contributed by atoms with Crippen LogP contribution >= 0.6 is 0 Å². The fourth-order valence-electron chi connectivity index (χ4n) is 3.90. The number of amides is 2. The maximum Gasteiger partial charge on any atom is 0.272 e. The zero-order chi connectivity index (χ0) is 19.0. The normalized spacial score (nSPS) is 19.2. The minimum Gasteiger partial charge on any atom is -0.339 e. The lowest BCUT2D eigenvalue weighted by molar-refractivity contribution is -0.130. The van der Waals surface area contributed by atoms with Gasteiger partial charge in [-0.15, -0.1) is 0 Å². The van der Waals surface area contributed by atoms with Gasteiger partial charge in [-0.05, 0) is 25.0 Å². The first kappa shape index (κ1) is 17.5. The van der Waals surface area contributed by atoms with Crippen LogP contribution in [0.1, 0.15) is 29.9 Å². The number of nitrogens with zero attached hydrogens (tertiary/aromatic N) is 5. The van der Waals surface area contributed by atoms with Crippen LogP contribution in [0.2, 0.25) is 0 Å². The molecule has 2 aliphatic rings. The molecule has 7 nitrogen and oxygen atoms in total. The molecular weight excluding hydrogens is 342 g/mol. The Morgan fingerprint density at radius 2 is 1.74 bits per heavy atom. The van der Waals surface area contributed by atoms with Crippen molar-refractivity contribution in [2.24, 2.45) is 0 Å². The highest BCUT2D eigenvalue weighted by molar-refractivity contribution is 5.93. The van der Waals surface area contributed by atoms with Gasteiger partial charge in [-0.1, -0.05) is 18.2 Å². The SMILES string of the molecule is CC(=O)N1CCN(C(=O)c2cc(N3c4ccccc4CC3C)ncn2)CC1. The molecule has 4 rings (SSSR count). The van der Waals surface area contributed by atoms with Crippen LogP contribution in [0.5, 0.6) is 0 Å². The van der Waals surface area contributed by atoms with Gasteiger partial charge in [0.2, 0.25) is 5.91 Å². The van der Waals surface area contributed by atoms with Crippen LogP contribution in [0.4, 0.5) is 11.5 Å². The molecule has 0 spiro atoms. The Balaban J connectivity index is 1.55. The third kappa shape index (κ3) is 3.25. The van der Waals surface area contributed by atoms with Crippen molar-refractivity contribution in [3.8, 4) is 0 Å². The Hall–Kier alpha value is -2.96. The Morgan fingerprint density at radius 1 is 1.04 bits per heavy atom. The lowest BCUT2D eigenvalue weighted by atomic mass is 10.1. The molecule has 1 aromatic heterocycles. The molecule has 1 saturated heterocycles. The number of aromatic nitrogens is 2. The van der Waals surface area contributed by atoms with E-state index >= 15 is 0 Å². The van der Waals surface area contributed by atoms with Gasteiger partial charge in [0, 0.05) is 50.9 Å². The number of hydrogen-bond donors (Lipinski definition) is 0. The van der Waals surface area contributed by atoms with E-state index in [0.29, 0.717) is 31.9 Å². The molecule has 27 heavy (non-hydrogen) atoms. The van der Waals surface area contributed by atoms with E-state index in [4.69, 9.17) is 0 Å². The molecule has 1 atom stereocenters. The summed E-state index contributed by atoms with van der Waals surface area (Å²) in [6.45, 7) is 5.90. The first-order valence-corrected chi connectivity index (χ1v) is 9.28. The van der Waals surface area contributed by atoms with Crippen LogP contribution in [0.15, 0.2) is 36.7 Å². The van der Waals surface area contributed by atoms with Gasteiger partial charge in [-0.25, -0.2) is 9.97 Å². The fraction of sp³-hybridized carbons (Fsp3) is 0.400. The van der Waals surface area contributed by atoms with E-state index < -0.39 is 0 Å². The molecule has 0 bridgehead atoms. The lowest BCUT2D eigenvalue weighted by Gasteiger charge is -2.34. The van der Waals surface area contributed by atoms with Crippen LogP contribution in [0, 0.1) is 0 Å². The van der Waals surface area contributed by atoms with E-state index in [9.17, 15) is 9.59 Å². The average Bonchev–Trinajstić information content (AvgIpc) is 3.03. The van der Waals surface area contributed by atoms with E-state index in [0.717, 1.165) is 17.9 Å². The number of piperazine rings is 1. The van der Waals surface area contributed by atoms with Gasteiger partial charge < -0.3 is 14.7 Å². The Morgan fingerprint density at radius 3 is 2.48 bits per heavy atom. The third-order valence-corrected chi connectivity index (χ3v) is 5.34. The van der Waals surface area contributed by atoms with E-state index in [2.05, 4.69) is 33.9 Å². The minimum absolute atomic E-state index is 0.0492. The van der Waals surface area contributed by atoms with E-state index in [1.165, 1.54) is 11.9 Å². The molecule has 2 aliphatic heterocycles. The number of anilines is 2. The monoisotopic (exact) mass is 365 g/mol. The molecule has 1 aromatic carbocycles. The smallest absolute Gasteiger partial charge is 0.272 e. The minimum atomic E-state index is -0.109. The molecular formula is C20H23N5O2. The number of carbonyl (C=O) groups is 2. The standard InChI is InChI=1S/C20H23N5O2/c1-14-11-16-5-3-4-6-18(16)25(14)19-12-17(21-13-22-19)20(27)24-9-7-23(8-10-24)15(2)26/h3-6,12-14H,7-11H2,1-2H3. The second-order valence-corrected chi connectivity index (χ2v) is 7.11. The van der Waals surface area contributed by atoms with Crippen molar-refractivity contribution in [1.82, 2.24) is 19.8 Å². The van der Waals surface area contributed by atoms with Crippen LogP contribution in [0.3, 0.4) is 0 Å². The van der Waals surface area contributed by atoms with Gasteiger partial charge >= 0.3 is 0 Å². The summed E-state index contributed by atoms with van der Waals surface area (Å²) in [5, 5.41) is 0. The van der Waals surface area contributed by atoms with Crippen LogP contribution < -0.4 is 4.90 Å². The van der Waals surface area contributed by atoms with Crippen LogP contribution in [-0.4, -0.2) is 63.8 Å². The van der Waals surface area contributed by atoms with Gasteiger partial charge in [0.15, 0.2) is 0 Å². The topological polar surface area (TPSA) is 69.6 Å². The lowest BCUT2D eigenvalue weighted by Crippen LogP contribution is -2.50. The molecule has 7 heteroatoms. The highest BCUT2D eigenvalue weighted by Gasteiger charge is 2.29. The summed E-state index contributed by atoms with van der Waals surface area (Å²) in [4.78, 5) is 38.7. The number of carbonyl (C=O) groups excluding carboxylic acids is 2. The van der Waals surface area contributed by atoms with Crippen molar-refractivity contribution in [1.29, 1.82) is 0 Å². The van der Waals surface area contributed by atoms with Crippen molar-refractivity contribution in [3.63, 3.8) is 0 Å². The van der Waals surface area contributed by atoms with Crippen molar-refractivity contribution in [3.05, 3.63) is 47.9 Å². The molecule has 1 unspecified atom stereocenters. The summed E-state index contributed by atoms with van der Waals surface area (Å²) in [6.07, 6.45) is 2.42. The number of fused-ring (bicyclic) bond motifs is 1. The second kappa shape index (κ2) is 6.98. The molecule has 0 N–H and O–H groups in total. The van der Waals surface area contributed by atoms with Gasteiger partial charge in [0.05, 0.1) is 0 Å². The first-order valence-electron chi connectivity index (χ1n) is 9.28. The van der Waals surface area contributed by atoms with Crippen molar-refractivity contribution < 1.29 is 9.59 Å². The fourth-order valence-corrected chi connectivity index (χ4v) is 3.90. The van der Waals surface area contributed by atoms with Gasteiger partial charge in [0.25, 0.3) is 5.91 Å². The molecule has 140 valence electrons. The van der Waals surface area contributed by atoms with Crippen LogP contribution in [-0.2, 0) is 11.2 Å². The van der Waals surface area contributed by atoms with Crippen molar-refractivity contribution >= 4 is 23.3 Å². The summed E-state index contributed by atoms with van der Waals surface area (Å²) < 4.78 is 0. The number of para-hydroxylation sites is 1. The maximum atomic E-state index is 12.9. The second-order valence-electron chi connectivity index (χ2n) is 7.11. The van der Waals surface area contributed by atoms with Crippen LogP contribution in [0.25, 0.3) is 0 Å². The van der Waals surface area contributed by atoms with Gasteiger partial charge in [-0.3, -0.25) is 9.59 Å². The summed E-state index contributed by atoms with van der Waals surface area (Å²) in [7, 11) is 0. The number of hydrogen-bond acceptors (Lipinski definition) is 5. The summed E-state index contributed by atoms with van der Waals surface area (Å²) in [6, 6.07) is 10.3. The molecule has 0 saturated carbocycles. The van der Waals surface area contributed by atoms with E-state index in [1.54, 1.807) is 22.8 Å². The Kier molecular flexibility index (Phi) is 4.51. The van der Waals surface area contributed by atoms with E-state index in [-0.39, 0.29) is 17.9 Å². The Bertz CT molecular complexity index is 876. The van der Waals surface area contributed by atoms with Crippen molar-refractivity contribution in [2.75, 3.05) is 31.1 Å². The molecule has 2 aromatic rings. The number of rotatable bonds is 2. The highest BCUT2D eigenvalue weighted by atomic mass is 16.2. The number of benzene rings is 1. The van der Waals surface area contributed by atoms with Crippen molar-refractivity contribution in [2.45, 2.75) is 26.3 Å². The quantitative estimate of drug-likeness (QED) is 0.813. The largest absolute Gasteiger partial charge is 0.339 e. The predicted octanol–water partition coefficient (Wildman–Crippen LogP) is 1.86. The zero-order valence-corrected chi connectivity index (χ0v) is 15.6.